The Balaban J connectivity index is 5.47. The zero-order valence-electron chi connectivity index (χ0n) is 15.3. The molecule has 0 spiro atoms. The van der Waals surface area contributed by atoms with Gasteiger partial charge in [-0.25, -0.2) is 8.93 Å². The fourth-order valence-electron chi connectivity index (χ4n) is 1.91. The molecule has 0 bridgehead atoms. The van der Waals surface area contributed by atoms with E-state index in [0.29, 0.717) is 12.8 Å². The first-order valence-corrected chi connectivity index (χ1v) is 9.37. The summed E-state index contributed by atoms with van der Waals surface area (Å²) in [7, 11) is -1.95. The minimum atomic E-state index is -4.70. The standard InChI is InChI=1S/C16H30F3NO3S/c1-7-10-23-14(21)12(9-8-11(2)3)13(16(17,18)19)20-24(22)15(4,5)6/h11-13,20H,7-10H2,1-6H3/t12-,13-,24-/m0/s1. The highest BCUT2D eigenvalue weighted by atomic mass is 32.2. The number of carbonyl (C=O) groups excluding carboxylic acids is 1. The van der Waals surface area contributed by atoms with Gasteiger partial charge in [-0.05, 0) is 39.5 Å². The van der Waals surface area contributed by atoms with Gasteiger partial charge in [-0.15, -0.1) is 0 Å². The Morgan fingerprint density at radius 2 is 1.71 bits per heavy atom. The number of halogens is 3. The Hall–Kier alpha value is -0.630. The molecule has 0 aromatic rings. The van der Waals surface area contributed by atoms with Gasteiger partial charge in [0.2, 0.25) is 0 Å². The molecule has 144 valence electrons. The minimum absolute atomic E-state index is 0.0265. The summed E-state index contributed by atoms with van der Waals surface area (Å²) >= 11 is 0. The summed E-state index contributed by atoms with van der Waals surface area (Å²) in [5.74, 6) is -2.16. The summed E-state index contributed by atoms with van der Waals surface area (Å²) in [6.07, 6.45) is -3.70. The molecule has 8 heteroatoms. The lowest BCUT2D eigenvalue weighted by Gasteiger charge is -2.31. The van der Waals surface area contributed by atoms with Crippen molar-refractivity contribution in [2.45, 2.75) is 77.8 Å². The van der Waals surface area contributed by atoms with Crippen molar-refractivity contribution in [2.75, 3.05) is 6.61 Å². The molecule has 0 rings (SSSR count). The molecule has 0 radical (unpaired) electrons. The van der Waals surface area contributed by atoms with Gasteiger partial charge in [-0.3, -0.25) is 4.79 Å². The van der Waals surface area contributed by atoms with E-state index in [-0.39, 0.29) is 18.9 Å². The Morgan fingerprint density at radius 3 is 2.08 bits per heavy atom. The van der Waals surface area contributed by atoms with Crippen LogP contribution in [0.15, 0.2) is 0 Å². The van der Waals surface area contributed by atoms with E-state index in [1.165, 1.54) is 0 Å². The van der Waals surface area contributed by atoms with Crippen molar-refractivity contribution in [3.8, 4) is 0 Å². The number of esters is 1. The summed E-state index contributed by atoms with van der Waals surface area (Å²) in [5.41, 5.74) is 0. The molecule has 0 aliphatic heterocycles. The monoisotopic (exact) mass is 373 g/mol. The van der Waals surface area contributed by atoms with Gasteiger partial charge in [0.05, 0.1) is 28.3 Å². The Kier molecular flexibility index (Phi) is 9.49. The molecule has 0 saturated carbocycles. The van der Waals surface area contributed by atoms with Gasteiger partial charge in [0.1, 0.15) is 6.04 Å². The number of carbonyl (C=O) groups is 1. The molecule has 0 unspecified atom stereocenters. The van der Waals surface area contributed by atoms with E-state index in [9.17, 15) is 22.2 Å². The first kappa shape index (κ1) is 23.4. The van der Waals surface area contributed by atoms with E-state index in [0.717, 1.165) is 0 Å². The molecule has 24 heavy (non-hydrogen) atoms. The number of ether oxygens (including phenoxy) is 1. The molecule has 3 atom stereocenters. The van der Waals surface area contributed by atoms with Crippen LogP contribution in [0, 0.1) is 11.8 Å². The second kappa shape index (κ2) is 9.75. The first-order valence-electron chi connectivity index (χ1n) is 8.22. The summed E-state index contributed by atoms with van der Waals surface area (Å²) in [4.78, 5) is 12.2. The van der Waals surface area contributed by atoms with E-state index in [4.69, 9.17) is 4.74 Å². The lowest BCUT2D eigenvalue weighted by atomic mass is 9.91. The largest absolute Gasteiger partial charge is 0.465 e. The molecule has 0 aliphatic rings. The van der Waals surface area contributed by atoms with Crippen LogP contribution in [0.2, 0.25) is 0 Å². The summed E-state index contributed by atoms with van der Waals surface area (Å²) in [5, 5.41) is 0. The van der Waals surface area contributed by atoms with Crippen LogP contribution < -0.4 is 4.72 Å². The molecular weight excluding hydrogens is 343 g/mol. The number of alkyl halides is 3. The van der Waals surface area contributed by atoms with Gasteiger partial charge in [-0.1, -0.05) is 27.2 Å². The predicted molar refractivity (Wildman–Crippen MR) is 89.7 cm³/mol. The summed E-state index contributed by atoms with van der Waals surface area (Å²) in [6, 6.07) is -2.19. The highest BCUT2D eigenvalue weighted by Gasteiger charge is 2.49. The van der Waals surface area contributed by atoms with Crippen LogP contribution in [-0.4, -0.2) is 33.8 Å². The van der Waals surface area contributed by atoms with Gasteiger partial charge in [0, 0.05) is 0 Å². The zero-order chi connectivity index (χ0) is 19.1. The van der Waals surface area contributed by atoms with Crippen molar-refractivity contribution >= 4 is 17.0 Å². The van der Waals surface area contributed by atoms with E-state index in [1.807, 2.05) is 13.8 Å². The predicted octanol–water partition coefficient (Wildman–Crippen LogP) is 3.97. The normalized spacial score (nSPS) is 16.8. The second-order valence-electron chi connectivity index (χ2n) is 7.26. The van der Waals surface area contributed by atoms with Crippen LogP contribution in [0.25, 0.3) is 0 Å². The maximum atomic E-state index is 13.5. The van der Waals surface area contributed by atoms with Crippen molar-refractivity contribution in [3.63, 3.8) is 0 Å². The van der Waals surface area contributed by atoms with Gasteiger partial charge in [0.25, 0.3) is 0 Å². The van der Waals surface area contributed by atoms with Crippen molar-refractivity contribution < 1.29 is 26.9 Å². The maximum absolute atomic E-state index is 13.5. The smallest absolute Gasteiger partial charge is 0.405 e. The highest BCUT2D eigenvalue weighted by Crippen LogP contribution is 2.31. The van der Waals surface area contributed by atoms with Gasteiger partial charge < -0.3 is 4.74 Å². The van der Waals surface area contributed by atoms with Gasteiger partial charge in [-0.2, -0.15) is 13.2 Å². The van der Waals surface area contributed by atoms with Crippen LogP contribution in [-0.2, 0) is 20.5 Å². The highest BCUT2D eigenvalue weighted by molar-refractivity contribution is 7.84. The SMILES string of the molecule is CCCOC(=O)[C@@H](CCC(C)C)[C@H](N[S@@](=O)C(C)(C)C)C(F)(F)F. The molecule has 0 fully saturated rings. The average molecular weight is 373 g/mol. The fraction of sp³-hybridized carbons (Fsp3) is 0.938. The molecule has 0 aromatic carbocycles. The summed E-state index contributed by atoms with van der Waals surface area (Å²) < 4.78 is 58.9. The molecule has 0 amide bonds. The number of nitrogens with one attached hydrogen (secondary N) is 1. The van der Waals surface area contributed by atoms with E-state index in [2.05, 4.69) is 4.72 Å². The van der Waals surface area contributed by atoms with Gasteiger partial charge >= 0.3 is 12.1 Å². The second-order valence-corrected chi connectivity index (χ2v) is 9.26. The Bertz CT molecular complexity index is 420. The third-order valence-electron chi connectivity index (χ3n) is 3.35. The molecule has 4 nitrogen and oxygen atoms in total. The molecule has 1 N–H and O–H groups in total. The zero-order valence-corrected chi connectivity index (χ0v) is 16.1. The van der Waals surface area contributed by atoms with Crippen LogP contribution in [0.1, 0.15) is 60.8 Å². The lowest BCUT2D eigenvalue weighted by molar-refractivity contribution is -0.179. The fourth-order valence-corrected chi connectivity index (χ4v) is 2.79. The molecule has 0 aliphatic carbocycles. The van der Waals surface area contributed by atoms with Crippen molar-refractivity contribution in [1.82, 2.24) is 4.72 Å². The van der Waals surface area contributed by atoms with Crippen LogP contribution >= 0.6 is 0 Å². The topological polar surface area (TPSA) is 55.4 Å². The quantitative estimate of drug-likeness (QED) is 0.622. The Labute approximate surface area is 145 Å². The third kappa shape index (κ3) is 8.46. The summed E-state index contributed by atoms with van der Waals surface area (Å²) in [6.45, 7) is 10.3. The number of hydrogen-bond acceptors (Lipinski definition) is 3. The maximum Gasteiger partial charge on any atom is 0.405 e. The van der Waals surface area contributed by atoms with Crippen LogP contribution in [0.3, 0.4) is 0 Å². The first-order chi connectivity index (χ1) is 10.8. The molecule has 0 aromatic heterocycles. The van der Waals surface area contributed by atoms with Crippen molar-refractivity contribution in [3.05, 3.63) is 0 Å². The van der Waals surface area contributed by atoms with Crippen molar-refractivity contribution in [1.29, 1.82) is 0 Å². The van der Waals surface area contributed by atoms with Crippen molar-refractivity contribution in [2.24, 2.45) is 11.8 Å². The van der Waals surface area contributed by atoms with E-state index in [1.54, 1.807) is 27.7 Å². The minimum Gasteiger partial charge on any atom is -0.465 e. The lowest BCUT2D eigenvalue weighted by Crippen LogP contribution is -2.53. The number of rotatable bonds is 9. The van der Waals surface area contributed by atoms with Gasteiger partial charge in [0.15, 0.2) is 0 Å². The molecule has 0 saturated heterocycles. The molecule has 0 heterocycles. The van der Waals surface area contributed by atoms with Crippen LogP contribution in [0.5, 0.6) is 0 Å². The van der Waals surface area contributed by atoms with E-state index >= 15 is 0 Å². The molecular formula is C16H30F3NO3S. The van der Waals surface area contributed by atoms with Crippen LogP contribution in [0.4, 0.5) is 13.2 Å². The number of hydrogen-bond donors (Lipinski definition) is 1. The van der Waals surface area contributed by atoms with E-state index < -0.39 is 39.8 Å². The Morgan fingerprint density at radius 1 is 1.17 bits per heavy atom. The average Bonchev–Trinajstić information content (AvgIpc) is 2.41. The third-order valence-corrected chi connectivity index (χ3v) is 4.93.